The van der Waals surface area contributed by atoms with Crippen LogP contribution in [0, 0.1) is 0 Å². The molecule has 1 atom stereocenters. The maximum Gasteiger partial charge on any atom is 0.0930 e. The predicted molar refractivity (Wildman–Crippen MR) is 40.2 cm³/mol. The normalized spacial score (nSPS) is 15.9. The van der Waals surface area contributed by atoms with Gasteiger partial charge in [-0.3, -0.25) is 0 Å². The number of rotatable bonds is 3. The maximum atomic E-state index is 11.4. The lowest BCUT2D eigenvalue weighted by molar-refractivity contribution is 0.270. The second-order valence-electron chi connectivity index (χ2n) is 1.72. The third kappa shape index (κ3) is 5.25. The van der Waals surface area contributed by atoms with E-state index in [2.05, 4.69) is 0 Å². The molecule has 1 unspecified atom stereocenters. The van der Waals surface area contributed by atoms with Gasteiger partial charge in [0.1, 0.15) is 0 Å². The molecule has 0 amide bonds. The van der Waals surface area contributed by atoms with E-state index in [4.69, 9.17) is 5.11 Å². The minimum absolute atomic E-state index is 0.324. The van der Waals surface area contributed by atoms with Crippen molar-refractivity contribution in [3.05, 3.63) is 36.7 Å². The first-order valence-corrected chi connectivity index (χ1v) is 3.05. The predicted octanol–water partition coefficient (Wildman–Crippen LogP) is 1.96. The number of halogens is 1. The van der Waals surface area contributed by atoms with Gasteiger partial charge in [0.15, 0.2) is 0 Å². The smallest absolute Gasteiger partial charge is 0.0930 e. The van der Waals surface area contributed by atoms with Crippen molar-refractivity contribution in [2.24, 2.45) is 0 Å². The fourth-order valence-electron chi connectivity index (χ4n) is 0.428. The first-order valence-electron chi connectivity index (χ1n) is 3.05. The molecule has 0 fully saturated rings. The summed E-state index contributed by atoms with van der Waals surface area (Å²) < 4.78 is 11.4. The Morgan fingerprint density at radius 3 is 2.50 bits per heavy atom. The van der Waals surface area contributed by atoms with Crippen molar-refractivity contribution in [1.82, 2.24) is 0 Å². The van der Waals surface area contributed by atoms with Gasteiger partial charge in [0.05, 0.1) is 12.4 Å². The molecule has 0 aromatic rings. The van der Waals surface area contributed by atoms with Crippen molar-refractivity contribution >= 4 is 0 Å². The number of hydrogen-bond donors (Lipinski definition) is 1. The van der Waals surface area contributed by atoms with Gasteiger partial charge >= 0.3 is 0 Å². The zero-order valence-electron chi connectivity index (χ0n) is 5.87. The molecule has 0 aliphatic rings. The number of allylic oxidation sites excluding steroid dienone is 3. The Hall–Kier alpha value is -0.890. The summed E-state index contributed by atoms with van der Waals surface area (Å²) in [5.74, 6) is 0. The average Bonchev–Trinajstić information content (AvgIpc) is 1.89. The summed E-state index contributed by atoms with van der Waals surface area (Å²) in [5, 5.41) is 8.83. The Kier molecular flexibility index (Phi) is 5.68. The van der Waals surface area contributed by atoms with Crippen LogP contribution in [0.15, 0.2) is 36.7 Å². The Labute approximate surface area is 60.2 Å². The highest BCUT2D eigenvalue weighted by Crippen LogP contribution is 1.89. The van der Waals surface area contributed by atoms with Crippen molar-refractivity contribution in [3.63, 3.8) is 0 Å². The molecule has 0 aliphatic heterocycles. The fraction of sp³-hybridized carbons (Fsp3) is 0.250. The first kappa shape index (κ1) is 9.11. The molecule has 56 valence electrons. The molecule has 0 aliphatic carbocycles. The third-order valence-corrected chi connectivity index (χ3v) is 0.882. The van der Waals surface area contributed by atoms with E-state index < -0.39 is 6.10 Å². The maximum absolute atomic E-state index is 11.4. The SMILES string of the molecule is C/C=C/C=C/C(O)/C=C/F. The lowest BCUT2D eigenvalue weighted by Gasteiger charge is -1.91. The molecule has 1 nitrogen and oxygen atoms in total. The van der Waals surface area contributed by atoms with Crippen molar-refractivity contribution in [3.8, 4) is 0 Å². The van der Waals surface area contributed by atoms with E-state index in [-0.39, 0.29) is 0 Å². The average molecular weight is 142 g/mol. The molecule has 10 heavy (non-hydrogen) atoms. The molecular formula is C8H11FO. The highest BCUT2D eigenvalue weighted by atomic mass is 19.1. The van der Waals surface area contributed by atoms with Crippen LogP contribution in [0.25, 0.3) is 0 Å². The fourth-order valence-corrected chi connectivity index (χ4v) is 0.428. The molecule has 0 heterocycles. The van der Waals surface area contributed by atoms with Gasteiger partial charge in [-0.25, -0.2) is 4.39 Å². The van der Waals surface area contributed by atoms with Gasteiger partial charge in [-0.15, -0.1) is 0 Å². The van der Waals surface area contributed by atoms with Crippen molar-refractivity contribution < 1.29 is 9.50 Å². The lowest BCUT2D eigenvalue weighted by Crippen LogP contribution is -1.94. The summed E-state index contributed by atoms with van der Waals surface area (Å²) in [6.45, 7) is 1.86. The van der Waals surface area contributed by atoms with Gasteiger partial charge in [0.25, 0.3) is 0 Å². The molecule has 2 heteroatoms. The van der Waals surface area contributed by atoms with Crippen LogP contribution in [0.3, 0.4) is 0 Å². The van der Waals surface area contributed by atoms with Gasteiger partial charge in [0.2, 0.25) is 0 Å². The summed E-state index contributed by atoms with van der Waals surface area (Å²) in [5.41, 5.74) is 0. The van der Waals surface area contributed by atoms with Crippen molar-refractivity contribution in [2.75, 3.05) is 0 Å². The number of hydrogen-bond acceptors (Lipinski definition) is 1. The second-order valence-corrected chi connectivity index (χ2v) is 1.72. The lowest BCUT2D eigenvalue weighted by atomic mass is 10.3. The van der Waals surface area contributed by atoms with Crippen LogP contribution in [0.4, 0.5) is 4.39 Å². The van der Waals surface area contributed by atoms with Crippen LogP contribution in [0.2, 0.25) is 0 Å². The minimum Gasteiger partial charge on any atom is -0.385 e. The van der Waals surface area contributed by atoms with Crippen LogP contribution in [-0.2, 0) is 0 Å². The topological polar surface area (TPSA) is 20.2 Å². The third-order valence-electron chi connectivity index (χ3n) is 0.882. The zero-order valence-corrected chi connectivity index (χ0v) is 5.87. The number of aliphatic hydroxyl groups excluding tert-OH is 1. The van der Waals surface area contributed by atoms with E-state index in [1.165, 1.54) is 6.08 Å². The van der Waals surface area contributed by atoms with E-state index in [1.807, 2.05) is 13.0 Å². The van der Waals surface area contributed by atoms with Gasteiger partial charge in [-0.05, 0) is 13.0 Å². The Morgan fingerprint density at radius 1 is 1.30 bits per heavy atom. The van der Waals surface area contributed by atoms with E-state index in [0.29, 0.717) is 6.33 Å². The highest BCUT2D eigenvalue weighted by molar-refractivity contribution is 5.07. The molecule has 0 saturated carbocycles. The Morgan fingerprint density at radius 2 is 2.00 bits per heavy atom. The van der Waals surface area contributed by atoms with Crippen LogP contribution < -0.4 is 0 Å². The van der Waals surface area contributed by atoms with E-state index >= 15 is 0 Å². The van der Waals surface area contributed by atoms with Crippen molar-refractivity contribution in [2.45, 2.75) is 13.0 Å². The summed E-state index contributed by atoms with van der Waals surface area (Å²) in [7, 11) is 0. The van der Waals surface area contributed by atoms with Crippen LogP contribution >= 0.6 is 0 Å². The molecule has 0 bridgehead atoms. The summed E-state index contributed by atoms with van der Waals surface area (Å²) in [6, 6.07) is 0. The summed E-state index contributed by atoms with van der Waals surface area (Å²) in [4.78, 5) is 0. The van der Waals surface area contributed by atoms with Gasteiger partial charge < -0.3 is 5.11 Å². The van der Waals surface area contributed by atoms with Crippen molar-refractivity contribution in [1.29, 1.82) is 0 Å². The van der Waals surface area contributed by atoms with Gasteiger partial charge in [0, 0.05) is 0 Å². The summed E-state index contributed by atoms with van der Waals surface area (Å²) >= 11 is 0. The molecule has 0 aromatic carbocycles. The molecule has 0 aromatic heterocycles. The zero-order chi connectivity index (χ0) is 7.82. The monoisotopic (exact) mass is 142 g/mol. The molecular weight excluding hydrogens is 131 g/mol. The van der Waals surface area contributed by atoms with Crippen LogP contribution in [0.1, 0.15) is 6.92 Å². The van der Waals surface area contributed by atoms with E-state index in [1.54, 1.807) is 12.2 Å². The van der Waals surface area contributed by atoms with Gasteiger partial charge in [-0.2, -0.15) is 0 Å². The van der Waals surface area contributed by atoms with E-state index in [0.717, 1.165) is 6.08 Å². The largest absolute Gasteiger partial charge is 0.385 e. The first-order chi connectivity index (χ1) is 4.81. The van der Waals surface area contributed by atoms with Crippen LogP contribution in [0.5, 0.6) is 0 Å². The van der Waals surface area contributed by atoms with Gasteiger partial charge in [-0.1, -0.05) is 24.3 Å². The molecule has 0 spiro atoms. The molecule has 1 N–H and O–H groups in total. The van der Waals surface area contributed by atoms with Crippen LogP contribution in [-0.4, -0.2) is 11.2 Å². The molecule has 0 rings (SSSR count). The molecule has 0 saturated heterocycles. The standard InChI is InChI=1S/C8H11FO/c1-2-3-4-5-8(10)6-7-9/h2-8,10H,1H3/b3-2+,5-4+,7-6+. The molecule has 0 radical (unpaired) electrons. The van der Waals surface area contributed by atoms with E-state index in [9.17, 15) is 4.39 Å². The number of aliphatic hydroxyl groups is 1. The second kappa shape index (κ2) is 6.23. The Balaban J connectivity index is 3.65. The Bertz CT molecular complexity index is 147. The highest BCUT2D eigenvalue weighted by Gasteiger charge is 1.86. The quantitative estimate of drug-likeness (QED) is 0.597. The minimum atomic E-state index is -0.818. The summed E-state index contributed by atoms with van der Waals surface area (Å²) in [6.07, 6.45) is 7.28.